The second kappa shape index (κ2) is 10.3. The number of allylic oxidation sites excluding steroid dienone is 2. The van der Waals surface area contributed by atoms with Gasteiger partial charge in [-0.2, -0.15) is 4.98 Å². The second-order valence-corrected chi connectivity index (χ2v) is 8.59. The Morgan fingerprint density at radius 3 is 2.54 bits per heavy atom. The molecule has 2 aliphatic rings. The molecule has 0 saturated carbocycles. The predicted molar refractivity (Wildman–Crippen MR) is 124 cm³/mol. The molecule has 3 heterocycles. The van der Waals surface area contributed by atoms with Gasteiger partial charge in [-0.3, -0.25) is 19.5 Å². The minimum absolute atomic E-state index is 0.0735. The van der Waals surface area contributed by atoms with Gasteiger partial charge in [-0.15, -0.1) is 0 Å². The van der Waals surface area contributed by atoms with E-state index in [0.29, 0.717) is 11.3 Å². The maximum atomic E-state index is 12.6. The van der Waals surface area contributed by atoms with Gasteiger partial charge in [0.05, 0.1) is 31.5 Å². The number of Topliss-reactive ketones (excluding diaryl/α,β-unsaturated/α-hetero) is 1. The molecule has 198 valence electrons. The molecule has 2 aromatic rings. The van der Waals surface area contributed by atoms with Gasteiger partial charge >= 0.3 is 11.8 Å². The molecular weight excluding hydrogens is 492 g/mol. The van der Waals surface area contributed by atoms with Gasteiger partial charge in [-0.1, -0.05) is 0 Å². The molecule has 1 aliphatic carbocycles. The molecule has 2 aromatic heterocycles. The number of amides is 1. The highest BCUT2D eigenvalue weighted by molar-refractivity contribution is 6.24. The van der Waals surface area contributed by atoms with Crippen LogP contribution in [-0.2, 0) is 34.4 Å². The third-order valence-corrected chi connectivity index (χ3v) is 6.41. The van der Waals surface area contributed by atoms with Crippen LogP contribution < -0.4 is 11.0 Å². The van der Waals surface area contributed by atoms with E-state index in [0.717, 1.165) is 10.6 Å². The van der Waals surface area contributed by atoms with Crippen LogP contribution in [0, 0.1) is 6.92 Å². The highest BCUT2D eigenvalue weighted by Gasteiger charge is 2.42. The van der Waals surface area contributed by atoms with Crippen molar-refractivity contribution in [2.45, 2.75) is 44.5 Å². The van der Waals surface area contributed by atoms with Crippen LogP contribution in [-0.4, -0.2) is 85.2 Å². The fourth-order valence-electron chi connectivity index (χ4n) is 4.41. The number of methoxy groups -OCH3 is 1. The van der Waals surface area contributed by atoms with E-state index in [-0.39, 0.29) is 36.0 Å². The zero-order valence-corrected chi connectivity index (χ0v) is 20.2. The Morgan fingerprint density at radius 2 is 1.92 bits per heavy atom. The molecule has 0 bridgehead atoms. The van der Waals surface area contributed by atoms with Gasteiger partial charge in [-0.05, 0) is 18.6 Å². The van der Waals surface area contributed by atoms with Crippen LogP contribution in [0.4, 0.5) is 10.6 Å². The van der Waals surface area contributed by atoms with Crippen molar-refractivity contribution < 1.29 is 43.9 Å². The Bertz CT molecular complexity index is 1340. The quantitative estimate of drug-likeness (QED) is 0.353. The van der Waals surface area contributed by atoms with Crippen molar-refractivity contribution in [3.05, 3.63) is 57.1 Å². The van der Waals surface area contributed by atoms with Crippen molar-refractivity contribution in [1.82, 2.24) is 14.1 Å². The average molecular weight is 518 g/mol. The number of anilines is 1. The molecule has 14 heteroatoms. The summed E-state index contributed by atoms with van der Waals surface area (Å²) in [7, 11) is 2.87. The Labute approximate surface area is 209 Å². The molecule has 1 saturated heterocycles. The molecule has 14 nitrogen and oxygen atoms in total. The number of hydrogen-bond acceptors (Lipinski definition) is 11. The maximum Gasteiger partial charge on any atom is 0.413 e. The van der Waals surface area contributed by atoms with Gasteiger partial charge in [0.25, 0.3) is 0 Å². The maximum absolute atomic E-state index is 12.6. The number of aliphatic hydroxyl groups is 3. The van der Waals surface area contributed by atoms with Crippen LogP contribution in [0.25, 0.3) is 0 Å². The Balaban J connectivity index is 1.40. The van der Waals surface area contributed by atoms with Gasteiger partial charge < -0.3 is 34.1 Å². The van der Waals surface area contributed by atoms with E-state index in [2.05, 4.69) is 10.3 Å². The lowest BCUT2D eigenvalue weighted by molar-refractivity contribution is -0.0269. The van der Waals surface area contributed by atoms with E-state index in [9.17, 15) is 34.5 Å². The Morgan fingerprint density at radius 1 is 1.22 bits per heavy atom. The predicted octanol–water partition coefficient (Wildman–Crippen LogP) is -0.970. The molecule has 1 fully saturated rings. The summed E-state index contributed by atoms with van der Waals surface area (Å²) in [5.41, 5.74) is 0.485. The Kier molecular flexibility index (Phi) is 7.27. The van der Waals surface area contributed by atoms with Crippen molar-refractivity contribution in [2.24, 2.45) is 7.05 Å². The largest absolute Gasteiger partial charge is 0.492 e. The summed E-state index contributed by atoms with van der Waals surface area (Å²) in [5, 5.41) is 31.4. The molecule has 1 amide bonds. The molecule has 0 unspecified atom stereocenters. The lowest BCUT2D eigenvalue weighted by atomic mass is 9.97. The van der Waals surface area contributed by atoms with Gasteiger partial charge in [0, 0.05) is 19.3 Å². The fraction of sp³-hybridized carbons (Fsp3) is 0.435. The van der Waals surface area contributed by atoms with Gasteiger partial charge in [0.1, 0.15) is 42.5 Å². The average Bonchev–Trinajstić information content (AvgIpc) is 3.28. The van der Waals surface area contributed by atoms with Crippen LogP contribution in [0.2, 0.25) is 0 Å². The summed E-state index contributed by atoms with van der Waals surface area (Å²) in [6.07, 6.45) is -3.00. The fourth-order valence-corrected chi connectivity index (χ4v) is 4.41. The molecular formula is C23H26N4O10. The smallest absolute Gasteiger partial charge is 0.413 e. The number of aliphatic hydroxyl groups excluding tert-OH is 3. The molecule has 1 aliphatic heterocycles. The highest BCUT2D eigenvalue weighted by Crippen LogP contribution is 2.29. The lowest BCUT2D eigenvalue weighted by Crippen LogP contribution is -2.37. The number of ether oxygens (including phenoxy) is 3. The first-order valence-electron chi connectivity index (χ1n) is 11.2. The Hall–Kier alpha value is -3.85. The number of aromatic nitrogens is 3. The first-order valence-corrected chi connectivity index (χ1v) is 11.2. The van der Waals surface area contributed by atoms with Gasteiger partial charge in [-0.25, -0.2) is 9.59 Å². The molecule has 4 N–H and O–H groups in total. The van der Waals surface area contributed by atoms with E-state index in [4.69, 9.17) is 14.2 Å². The first-order chi connectivity index (χ1) is 17.6. The third-order valence-electron chi connectivity index (χ3n) is 6.41. The van der Waals surface area contributed by atoms with Crippen LogP contribution >= 0.6 is 0 Å². The lowest BCUT2D eigenvalue weighted by Gasteiger charge is -2.16. The van der Waals surface area contributed by atoms with E-state index < -0.39 is 54.4 Å². The number of rotatable bonds is 7. The minimum Gasteiger partial charge on any atom is -0.492 e. The minimum atomic E-state index is -1.30. The highest BCUT2D eigenvalue weighted by atomic mass is 16.6. The number of fused-ring (bicyclic) bond motifs is 1. The monoisotopic (exact) mass is 518 g/mol. The number of ketones is 2. The molecule has 0 radical (unpaired) electrons. The SMILES string of the molecule is COC1=CC(=O)c2c(c(C)c(COC(=O)Nc3ccn(C[C@@H]4O[C@H](CO)[C@@H](O)[C@H]4O)c(=O)n3)n2C)C1=O. The summed E-state index contributed by atoms with van der Waals surface area (Å²) < 4.78 is 18.2. The van der Waals surface area contributed by atoms with Crippen molar-refractivity contribution in [3.63, 3.8) is 0 Å². The molecule has 37 heavy (non-hydrogen) atoms. The standard InChI is InChI=1S/C23H26N4O10/c1-10-11(26(2)18-12(29)6-13(35-3)19(30)17(10)18)9-36-23(34)25-16-4-5-27(22(33)24-16)7-14-20(31)21(32)15(8-28)37-14/h4-6,14-15,20-21,28,31-32H,7-9H2,1-3H3,(H,24,25,33,34)/t14-,15+,20-,21+/m0/s1. The second-order valence-electron chi connectivity index (χ2n) is 8.59. The number of nitrogens with one attached hydrogen (secondary N) is 1. The first kappa shape index (κ1) is 26.2. The van der Waals surface area contributed by atoms with Crippen LogP contribution in [0.3, 0.4) is 0 Å². The molecule has 0 aromatic carbocycles. The summed E-state index contributed by atoms with van der Waals surface area (Å²) in [5.74, 6) is -1.03. The molecule has 4 atom stereocenters. The zero-order chi connectivity index (χ0) is 27.0. The number of carbonyl (C=O) groups excluding carboxylic acids is 3. The van der Waals surface area contributed by atoms with Crippen molar-refractivity contribution >= 4 is 23.5 Å². The topological polar surface area (TPSA) is 191 Å². The van der Waals surface area contributed by atoms with E-state index in [1.165, 1.54) is 23.9 Å². The van der Waals surface area contributed by atoms with Crippen molar-refractivity contribution in [1.29, 1.82) is 0 Å². The zero-order valence-electron chi connectivity index (χ0n) is 20.2. The van der Waals surface area contributed by atoms with Crippen LogP contribution in [0.15, 0.2) is 28.9 Å². The van der Waals surface area contributed by atoms with Crippen molar-refractivity contribution in [2.75, 3.05) is 19.0 Å². The number of hydrogen-bond donors (Lipinski definition) is 4. The summed E-state index contributed by atoms with van der Waals surface area (Å²) in [4.78, 5) is 53.6. The molecule has 4 rings (SSSR count). The van der Waals surface area contributed by atoms with Gasteiger partial charge in [0.15, 0.2) is 5.76 Å². The normalized spacial score (nSPS) is 23.0. The summed E-state index contributed by atoms with van der Waals surface area (Å²) >= 11 is 0. The molecule has 0 spiro atoms. The number of nitrogens with zero attached hydrogens (tertiary/aromatic N) is 3. The summed E-state index contributed by atoms with van der Waals surface area (Å²) in [6.45, 7) is 0.731. The van der Waals surface area contributed by atoms with E-state index in [1.54, 1.807) is 14.0 Å². The van der Waals surface area contributed by atoms with E-state index >= 15 is 0 Å². The van der Waals surface area contributed by atoms with E-state index in [1.807, 2.05) is 0 Å². The van der Waals surface area contributed by atoms with Gasteiger partial charge in [0.2, 0.25) is 11.6 Å². The third kappa shape index (κ3) is 4.79. The summed E-state index contributed by atoms with van der Waals surface area (Å²) in [6, 6.07) is 1.33. The van der Waals surface area contributed by atoms with Crippen LogP contribution in [0.1, 0.15) is 32.1 Å². The number of carbonyl (C=O) groups is 3. The van der Waals surface area contributed by atoms with Crippen molar-refractivity contribution in [3.8, 4) is 0 Å². The van der Waals surface area contributed by atoms with Crippen LogP contribution in [0.5, 0.6) is 0 Å².